The van der Waals surface area contributed by atoms with Gasteiger partial charge in [-0.05, 0) is 31.2 Å². The normalized spacial score (nSPS) is 20.8. The second-order valence-corrected chi connectivity index (χ2v) is 4.48. The Labute approximate surface area is 95.7 Å². The van der Waals surface area contributed by atoms with Crippen molar-refractivity contribution in [2.45, 2.75) is 38.5 Å². The summed E-state index contributed by atoms with van der Waals surface area (Å²) in [6, 6.07) is 7.67. The number of carbonyl (C=O) groups excluding carboxylic acids is 2. The summed E-state index contributed by atoms with van der Waals surface area (Å²) in [5.74, 6) is 0.671. The van der Waals surface area contributed by atoms with Crippen molar-refractivity contribution >= 4 is 11.6 Å². The van der Waals surface area contributed by atoms with Crippen LogP contribution in [0.5, 0.6) is 0 Å². The van der Waals surface area contributed by atoms with Gasteiger partial charge in [-0.25, -0.2) is 0 Å². The molecule has 1 unspecified atom stereocenters. The van der Waals surface area contributed by atoms with Crippen molar-refractivity contribution in [3.05, 3.63) is 35.4 Å². The highest BCUT2D eigenvalue weighted by atomic mass is 16.1. The fourth-order valence-corrected chi connectivity index (χ4v) is 2.46. The van der Waals surface area contributed by atoms with E-state index < -0.39 is 0 Å². The maximum Gasteiger partial charge on any atom is 0.160 e. The number of carbonyl (C=O) groups is 2. The molecule has 0 spiro atoms. The predicted molar refractivity (Wildman–Crippen MR) is 62.7 cm³/mol. The van der Waals surface area contributed by atoms with Crippen LogP contribution in [0.1, 0.15) is 54.4 Å². The van der Waals surface area contributed by atoms with Crippen molar-refractivity contribution in [3.63, 3.8) is 0 Å². The summed E-state index contributed by atoms with van der Waals surface area (Å²) in [5.41, 5.74) is 1.84. The van der Waals surface area contributed by atoms with E-state index in [1.165, 1.54) is 0 Å². The lowest BCUT2D eigenvalue weighted by molar-refractivity contribution is -0.120. The Balaban J connectivity index is 2.32. The Kier molecular flexibility index (Phi) is 3.18. The summed E-state index contributed by atoms with van der Waals surface area (Å²) in [4.78, 5) is 22.9. The summed E-state index contributed by atoms with van der Waals surface area (Å²) < 4.78 is 0. The molecule has 1 saturated carbocycles. The van der Waals surface area contributed by atoms with E-state index in [4.69, 9.17) is 0 Å². The summed E-state index contributed by atoms with van der Waals surface area (Å²) in [5, 5.41) is 0. The van der Waals surface area contributed by atoms with Crippen LogP contribution in [0.15, 0.2) is 24.3 Å². The number of Topliss-reactive ketones (excluding diaryl/α,β-unsaturated/α-hetero) is 2. The van der Waals surface area contributed by atoms with Gasteiger partial charge in [-0.1, -0.05) is 24.3 Å². The van der Waals surface area contributed by atoms with E-state index in [0.29, 0.717) is 18.6 Å². The van der Waals surface area contributed by atoms with Gasteiger partial charge < -0.3 is 0 Å². The first-order valence-electron chi connectivity index (χ1n) is 5.80. The Morgan fingerprint density at radius 3 is 2.75 bits per heavy atom. The first-order valence-corrected chi connectivity index (χ1v) is 5.80. The second kappa shape index (κ2) is 4.60. The topological polar surface area (TPSA) is 34.1 Å². The molecule has 1 aromatic rings. The molecule has 1 aromatic carbocycles. The highest BCUT2D eigenvalue weighted by Gasteiger charge is 2.23. The molecule has 2 heteroatoms. The zero-order valence-electron chi connectivity index (χ0n) is 9.53. The minimum absolute atomic E-state index is 0.0913. The van der Waals surface area contributed by atoms with E-state index in [2.05, 4.69) is 0 Å². The highest BCUT2D eigenvalue weighted by molar-refractivity contribution is 5.96. The molecule has 0 bridgehead atoms. The van der Waals surface area contributed by atoms with Crippen LogP contribution >= 0.6 is 0 Å². The van der Waals surface area contributed by atoms with Crippen LogP contribution < -0.4 is 0 Å². The van der Waals surface area contributed by atoms with Crippen molar-refractivity contribution in [1.82, 2.24) is 0 Å². The zero-order valence-corrected chi connectivity index (χ0v) is 9.53. The molecule has 0 saturated heterocycles. The third-order valence-electron chi connectivity index (χ3n) is 3.26. The Morgan fingerprint density at radius 1 is 1.31 bits per heavy atom. The molecule has 0 radical (unpaired) electrons. The molecule has 84 valence electrons. The van der Waals surface area contributed by atoms with Crippen LogP contribution in [0.3, 0.4) is 0 Å². The van der Waals surface area contributed by atoms with Crippen LogP contribution in [-0.2, 0) is 4.79 Å². The number of hydrogen-bond donors (Lipinski definition) is 0. The SMILES string of the molecule is CC(=O)c1ccccc1C1CCCC(=O)C1. The molecule has 1 aliphatic rings. The molecule has 1 fully saturated rings. The van der Waals surface area contributed by atoms with E-state index in [-0.39, 0.29) is 11.7 Å². The van der Waals surface area contributed by atoms with Gasteiger partial charge in [0.25, 0.3) is 0 Å². The van der Waals surface area contributed by atoms with Gasteiger partial charge in [-0.2, -0.15) is 0 Å². The van der Waals surface area contributed by atoms with Crippen molar-refractivity contribution in [2.75, 3.05) is 0 Å². The Hall–Kier alpha value is -1.44. The van der Waals surface area contributed by atoms with Gasteiger partial charge in [0, 0.05) is 18.4 Å². The lowest BCUT2D eigenvalue weighted by Gasteiger charge is -2.22. The van der Waals surface area contributed by atoms with Gasteiger partial charge in [-0.15, -0.1) is 0 Å². The number of benzene rings is 1. The maximum absolute atomic E-state index is 11.5. The van der Waals surface area contributed by atoms with Gasteiger partial charge in [0.05, 0.1) is 0 Å². The van der Waals surface area contributed by atoms with Gasteiger partial charge in [0.1, 0.15) is 5.78 Å². The molecule has 0 heterocycles. The molecule has 0 amide bonds. The standard InChI is InChI=1S/C14H16O2/c1-10(15)13-7-2-3-8-14(13)11-5-4-6-12(16)9-11/h2-3,7-8,11H,4-6,9H2,1H3. The predicted octanol–water partition coefficient (Wildman–Crippen LogP) is 3.12. The molecule has 2 rings (SSSR count). The lowest BCUT2D eigenvalue weighted by atomic mass is 9.81. The van der Waals surface area contributed by atoms with E-state index >= 15 is 0 Å². The smallest absolute Gasteiger partial charge is 0.160 e. The summed E-state index contributed by atoms with van der Waals surface area (Å²) in [6.07, 6.45) is 3.29. The summed E-state index contributed by atoms with van der Waals surface area (Å²) in [6.45, 7) is 1.59. The van der Waals surface area contributed by atoms with Crippen molar-refractivity contribution in [3.8, 4) is 0 Å². The van der Waals surface area contributed by atoms with Crippen LogP contribution in [0.4, 0.5) is 0 Å². The van der Waals surface area contributed by atoms with Gasteiger partial charge in [0.15, 0.2) is 5.78 Å². The highest BCUT2D eigenvalue weighted by Crippen LogP contribution is 2.32. The van der Waals surface area contributed by atoms with Gasteiger partial charge in [0.2, 0.25) is 0 Å². The van der Waals surface area contributed by atoms with Crippen LogP contribution in [0.25, 0.3) is 0 Å². The maximum atomic E-state index is 11.5. The summed E-state index contributed by atoms with van der Waals surface area (Å²) in [7, 11) is 0. The van der Waals surface area contributed by atoms with Gasteiger partial charge in [-0.3, -0.25) is 9.59 Å². The minimum atomic E-state index is 0.0913. The zero-order chi connectivity index (χ0) is 11.5. The molecular weight excluding hydrogens is 200 g/mol. The third kappa shape index (κ3) is 2.21. The Morgan fingerprint density at radius 2 is 2.06 bits per heavy atom. The van der Waals surface area contributed by atoms with E-state index in [1.54, 1.807) is 6.92 Å². The first-order chi connectivity index (χ1) is 7.68. The van der Waals surface area contributed by atoms with Crippen LogP contribution in [-0.4, -0.2) is 11.6 Å². The molecule has 0 aromatic heterocycles. The van der Waals surface area contributed by atoms with E-state index in [1.807, 2.05) is 24.3 Å². The number of rotatable bonds is 2. The summed E-state index contributed by atoms with van der Waals surface area (Å²) >= 11 is 0. The van der Waals surface area contributed by atoms with Crippen LogP contribution in [0.2, 0.25) is 0 Å². The van der Waals surface area contributed by atoms with E-state index in [0.717, 1.165) is 24.0 Å². The van der Waals surface area contributed by atoms with Crippen molar-refractivity contribution in [1.29, 1.82) is 0 Å². The average Bonchev–Trinajstić information content (AvgIpc) is 2.29. The van der Waals surface area contributed by atoms with E-state index in [9.17, 15) is 9.59 Å². The fourth-order valence-electron chi connectivity index (χ4n) is 2.46. The number of hydrogen-bond acceptors (Lipinski definition) is 2. The molecule has 1 atom stereocenters. The average molecular weight is 216 g/mol. The quantitative estimate of drug-likeness (QED) is 0.712. The second-order valence-electron chi connectivity index (χ2n) is 4.48. The third-order valence-corrected chi connectivity index (χ3v) is 3.26. The van der Waals surface area contributed by atoms with Crippen LogP contribution in [0, 0.1) is 0 Å². The molecule has 16 heavy (non-hydrogen) atoms. The monoisotopic (exact) mass is 216 g/mol. The van der Waals surface area contributed by atoms with Gasteiger partial charge >= 0.3 is 0 Å². The molecule has 1 aliphatic carbocycles. The largest absolute Gasteiger partial charge is 0.300 e. The van der Waals surface area contributed by atoms with Crippen molar-refractivity contribution < 1.29 is 9.59 Å². The first kappa shape index (κ1) is 11.1. The Bertz CT molecular complexity index is 420. The fraction of sp³-hybridized carbons (Fsp3) is 0.429. The molecular formula is C14H16O2. The molecule has 2 nitrogen and oxygen atoms in total. The lowest BCUT2D eigenvalue weighted by Crippen LogP contribution is -2.15. The molecule has 0 aliphatic heterocycles. The van der Waals surface area contributed by atoms with Crippen molar-refractivity contribution in [2.24, 2.45) is 0 Å². The number of ketones is 2. The molecule has 0 N–H and O–H groups in total. The minimum Gasteiger partial charge on any atom is -0.300 e.